The Kier molecular flexibility index (Phi) is 28.5. The molecule has 0 saturated heterocycles. The van der Waals surface area contributed by atoms with E-state index in [0.29, 0.717) is 0 Å². The molecule has 0 aromatic heterocycles. The predicted molar refractivity (Wildman–Crippen MR) is 112 cm³/mol. The number of carbonyl (C=O) groups is 3. The molecule has 0 aromatic rings. The number of aliphatic hydroxyl groups is 3. The molecule has 0 fully saturated rings. The van der Waals surface area contributed by atoms with E-state index in [0.717, 1.165) is 0 Å². The zero-order chi connectivity index (χ0) is 24.6. The van der Waals surface area contributed by atoms with Crippen LogP contribution in [0.3, 0.4) is 0 Å². The molecule has 0 spiro atoms. The Bertz CT molecular complexity index is 539. The van der Waals surface area contributed by atoms with Gasteiger partial charge in [-0.3, -0.25) is 13.6 Å². The number of carbonyl (C=O) groups excluding carboxylic acids is 3. The van der Waals surface area contributed by atoms with Gasteiger partial charge in [0.2, 0.25) is 0 Å². The fraction of sp³-hybridized carbons (Fsp3) is 0.667. The van der Waals surface area contributed by atoms with Crippen molar-refractivity contribution in [3.05, 3.63) is 0 Å². The highest BCUT2D eigenvalue weighted by atomic mass is 31.2. The second-order valence-corrected chi connectivity index (χ2v) is 8.19. The Hall–Kier alpha value is 0.0800. The van der Waals surface area contributed by atoms with Crippen molar-refractivity contribution in [2.75, 3.05) is 19.8 Å². The lowest BCUT2D eigenvalue weighted by Gasteiger charge is -2.04. The van der Waals surface area contributed by atoms with Gasteiger partial charge in [0.1, 0.15) is 18.3 Å². The number of aldehydes is 3. The molecular formula is C9H27O18P5. The summed E-state index contributed by atoms with van der Waals surface area (Å²) < 4.78 is 41.0. The number of phosphoric acid groups is 3. The molecule has 5 atom stereocenters. The molecule has 0 aliphatic heterocycles. The largest absolute Gasteiger partial charge is 0.469 e. The fourth-order valence-electron chi connectivity index (χ4n) is 0.638. The molecule has 0 rings (SSSR count). The van der Waals surface area contributed by atoms with Crippen LogP contribution in [0.5, 0.6) is 0 Å². The molecule has 0 aliphatic carbocycles. The van der Waals surface area contributed by atoms with Gasteiger partial charge in [0.05, 0.1) is 19.8 Å². The molecule has 0 heterocycles. The lowest BCUT2D eigenvalue weighted by molar-refractivity contribution is -0.116. The Morgan fingerprint density at radius 1 is 0.531 bits per heavy atom. The van der Waals surface area contributed by atoms with Crippen LogP contribution in [0.2, 0.25) is 0 Å². The van der Waals surface area contributed by atoms with E-state index >= 15 is 0 Å². The van der Waals surface area contributed by atoms with E-state index in [4.69, 9.17) is 44.7 Å². The Balaban J connectivity index is -0.000000110. The van der Waals surface area contributed by atoms with Crippen molar-refractivity contribution in [2.45, 2.75) is 18.3 Å². The molecule has 0 aliphatic rings. The minimum atomic E-state index is -4.55. The van der Waals surface area contributed by atoms with Crippen LogP contribution in [0.1, 0.15) is 0 Å². The summed E-state index contributed by atoms with van der Waals surface area (Å²) >= 11 is 0. The summed E-state index contributed by atoms with van der Waals surface area (Å²) in [6.07, 6.45) is -4.08. The predicted octanol–water partition coefficient (Wildman–Crippen LogP) is -3.92. The maximum atomic E-state index is 9.90. The van der Waals surface area contributed by atoms with Crippen LogP contribution in [0.25, 0.3) is 0 Å². The van der Waals surface area contributed by atoms with Gasteiger partial charge >= 0.3 is 23.5 Å². The normalized spacial score (nSPS) is 13.8. The van der Waals surface area contributed by atoms with Gasteiger partial charge in [0, 0.05) is 0 Å². The highest BCUT2D eigenvalue weighted by molar-refractivity contribution is 7.46. The van der Waals surface area contributed by atoms with E-state index < -0.39 is 61.6 Å². The first kappa shape index (κ1) is 42.3. The average Bonchev–Trinajstić information content (AvgIpc) is 2.61. The van der Waals surface area contributed by atoms with Crippen LogP contribution in [0.4, 0.5) is 0 Å². The summed E-state index contributed by atoms with van der Waals surface area (Å²) in [5.74, 6) is 0. The van der Waals surface area contributed by atoms with Crippen LogP contribution in [0.15, 0.2) is 0 Å². The van der Waals surface area contributed by atoms with Gasteiger partial charge in [0.25, 0.3) is 0 Å². The second-order valence-electron chi connectivity index (χ2n) is 4.47. The van der Waals surface area contributed by atoms with Crippen LogP contribution in [-0.2, 0) is 41.6 Å². The van der Waals surface area contributed by atoms with Crippen molar-refractivity contribution >= 4 is 62.1 Å². The van der Waals surface area contributed by atoms with Gasteiger partial charge in [-0.25, -0.2) is 13.7 Å². The summed E-state index contributed by atoms with van der Waals surface area (Å²) in [6, 6.07) is 0. The van der Waals surface area contributed by atoms with Crippen molar-refractivity contribution < 1.29 is 86.3 Å². The SMILES string of the molecule is O=CC(O)COP(=O)(O)O.O=CC(O)COP(=O)(O)O.O=CC(O)COP(=O)(O)O.P.P. The number of hydrogen-bond donors (Lipinski definition) is 9. The third-order valence-corrected chi connectivity index (χ3v) is 3.17. The summed E-state index contributed by atoms with van der Waals surface area (Å²) in [7, 11) is -13.7. The van der Waals surface area contributed by atoms with Gasteiger partial charge in [-0.15, -0.1) is 0 Å². The maximum absolute atomic E-state index is 9.90. The molecular weight excluding hydrogens is 551 g/mol. The number of rotatable bonds is 12. The average molecular weight is 578 g/mol. The zero-order valence-electron chi connectivity index (χ0n) is 16.0. The highest BCUT2D eigenvalue weighted by Gasteiger charge is 2.17. The molecule has 32 heavy (non-hydrogen) atoms. The second kappa shape index (κ2) is 21.6. The van der Waals surface area contributed by atoms with Gasteiger partial charge in [0.15, 0.2) is 18.9 Å². The van der Waals surface area contributed by atoms with Crippen LogP contribution < -0.4 is 0 Å². The van der Waals surface area contributed by atoms with Gasteiger partial charge < -0.3 is 59.1 Å². The Morgan fingerprint density at radius 2 is 0.688 bits per heavy atom. The summed E-state index contributed by atoms with van der Waals surface area (Å²) in [4.78, 5) is 77.1. The van der Waals surface area contributed by atoms with E-state index in [1.165, 1.54) is 0 Å². The fourth-order valence-corrected chi connectivity index (χ4v) is 1.68. The van der Waals surface area contributed by atoms with E-state index in [1.807, 2.05) is 0 Å². The first-order chi connectivity index (χ1) is 13.4. The monoisotopic (exact) mass is 578 g/mol. The van der Waals surface area contributed by atoms with Crippen molar-refractivity contribution in [3.63, 3.8) is 0 Å². The van der Waals surface area contributed by atoms with Crippen molar-refractivity contribution in [3.8, 4) is 0 Å². The highest BCUT2D eigenvalue weighted by Crippen LogP contribution is 2.36. The van der Waals surface area contributed by atoms with E-state index in [9.17, 15) is 28.1 Å². The quantitative estimate of drug-likeness (QED) is 0.0789. The van der Waals surface area contributed by atoms with Gasteiger partial charge in [-0.1, -0.05) is 0 Å². The van der Waals surface area contributed by atoms with Crippen molar-refractivity contribution in [2.24, 2.45) is 0 Å². The lowest BCUT2D eigenvalue weighted by Crippen LogP contribution is -2.15. The topological polar surface area (TPSA) is 312 Å². The first-order valence-corrected chi connectivity index (χ1v) is 11.5. The third kappa shape index (κ3) is 43.9. The molecule has 18 nitrogen and oxygen atoms in total. The molecule has 5 unspecified atom stereocenters. The number of phosphoric ester groups is 3. The molecule has 0 amide bonds. The van der Waals surface area contributed by atoms with Crippen LogP contribution in [0, 0.1) is 0 Å². The molecule has 0 saturated carbocycles. The first-order valence-electron chi connectivity index (χ1n) is 6.87. The van der Waals surface area contributed by atoms with Gasteiger partial charge in [-0.2, -0.15) is 19.8 Å². The summed E-state index contributed by atoms with van der Waals surface area (Å²) in [5.41, 5.74) is 0. The Labute approximate surface area is 187 Å². The molecule has 0 radical (unpaired) electrons. The standard InChI is InChI=1S/3C3H7O6P.2H3P/c3*4-1-3(5)2-9-10(6,7)8;;/h3*1,3,5H,2H2,(H2,6,7,8);2*1H3. The van der Waals surface area contributed by atoms with Crippen molar-refractivity contribution in [1.82, 2.24) is 0 Å². The maximum Gasteiger partial charge on any atom is 0.469 e. The van der Waals surface area contributed by atoms with E-state index in [-0.39, 0.29) is 38.7 Å². The minimum Gasteiger partial charge on any atom is -0.383 e. The smallest absolute Gasteiger partial charge is 0.383 e. The van der Waals surface area contributed by atoms with E-state index in [2.05, 4.69) is 13.6 Å². The molecule has 0 aromatic carbocycles. The molecule has 23 heteroatoms. The lowest BCUT2D eigenvalue weighted by atomic mass is 10.4. The summed E-state index contributed by atoms with van der Waals surface area (Å²) in [6.45, 7) is -2.06. The van der Waals surface area contributed by atoms with Gasteiger partial charge in [-0.05, 0) is 0 Å². The molecule has 196 valence electrons. The molecule has 0 bridgehead atoms. The van der Waals surface area contributed by atoms with E-state index in [1.54, 1.807) is 0 Å². The zero-order valence-corrected chi connectivity index (χ0v) is 21.6. The third-order valence-electron chi connectivity index (χ3n) is 1.71. The van der Waals surface area contributed by atoms with Crippen molar-refractivity contribution in [1.29, 1.82) is 0 Å². The molecule has 9 N–H and O–H groups in total. The number of aliphatic hydroxyl groups excluding tert-OH is 3. The minimum absolute atomic E-state index is 0. The van der Waals surface area contributed by atoms with Crippen LogP contribution >= 0.6 is 43.3 Å². The Morgan fingerprint density at radius 3 is 0.781 bits per heavy atom. The van der Waals surface area contributed by atoms with Crippen LogP contribution in [-0.4, -0.2) is 102 Å². The number of hydrogen-bond acceptors (Lipinski definition) is 12. The summed E-state index contributed by atoms with van der Waals surface area (Å²) in [5, 5.41) is 25.2.